The highest BCUT2D eigenvalue weighted by molar-refractivity contribution is 5.76. The molecular weight excluding hydrogens is 144 g/mol. The van der Waals surface area contributed by atoms with Crippen LogP contribution in [0.3, 0.4) is 0 Å². The fourth-order valence-electron chi connectivity index (χ4n) is 1.14. The van der Waals surface area contributed by atoms with Gasteiger partial charge in [0.15, 0.2) is 0 Å². The van der Waals surface area contributed by atoms with Crippen molar-refractivity contribution in [3.63, 3.8) is 0 Å². The van der Waals surface area contributed by atoms with Crippen LogP contribution in [0.5, 0.6) is 0 Å². The lowest BCUT2D eigenvalue weighted by Crippen LogP contribution is -2.29. The zero-order valence-corrected chi connectivity index (χ0v) is 6.55. The average Bonchev–Trinajstić information content (AvgIpc) is 2.37. The molecule has 4 heteroatoms. The molecule has 4 nitrogen and oxygen atoms in total. The molecule has 0 aliphatic carbocycles. The Bertz CT molecular complexity index is 138. The van der Waals surface area contributed by atoms with Crippen LogP contribution in [0.4, 0.5) is 4.79 Å². The number of amides is 2. The zero-order valence-electron chi connectivity index (χ0n) is 6.55. The third-order valence-corrected chi connectivity index (χ3v) is 1.78. The van der Waals surface area contributed by atoms with Crippen molar-refractivity contribution in [3.8, 4) is 0 Å². The molecule has 11 heavy (non-hydrogen) atoms. The van der Waals surface area contributed by atoms with Gasteiger partial charge in [0.05, 0.1) is 0 Å². The predicted molar refractivity (Wildman–Crippen MR) is 41.3 cm³/mol. The molecule has 0 spiro atoms. The zero-order chi connectivity index (χ0) is 8.10. The summed E-state index contributed by atoms with van der Waals surface area (Å²) in [4.78, 5) is 12.7. The molecule has 1 aliphatic rings. The van der Waals surface area contributed by atoms with E-state index in [-0.39, 0.29) is 12.6 Å². The number of aliphatic hydroxyl groups excluding tert-OH is 1. The molecule has 1 fully saturated rings. The van der Waals surface area contributed by atoms with Crippen LogP contribution in [-0.2, 0) is 0 Å². The van der Waals surface area contributed by atoms with E-state index in [2.05, 4.69) is 5.32 Å². The van der Waals surface area contributed by atoms with Crippen LogP contribution in [0.1, 0.15) is 12.8 Å². The Morgan fingerprint density at radius 3 is 2.91 bits per heavy atom. The summed E-state index contributed by atoms with van der Waals surface area (Å²) in [7, 11) is 0. The highest BCUT2D eigenvalue weighted by Gasteiger charge is 2.17. The molecule has 0 aromatic rings. The molecule has 0 bridgehead atoms. The lowest BCUT2D eigenvalue weighted by Gasteiger charge is -2.12. The molecule has 0 radical (unpaired) electrons. The number of hydrogen-bond donors (Lipinski definition) is 2. The van der Waals surface area contributed by atoms with Crippen LogP contribution in [-0.4, -0.2) is 42.3 Å². The molecule has 1 saturated heterocycles. The Morgan fingerprint density at radius 1 is 1.55 bits per heavy atom. The van der Waals surface area contributed by atoms with Crippen molar-refractivity contribution < 1.29 is 9.90 Å². The number of urea groups is 1. The van der Waals surface area contributed by atoms with Crippen molar-refractivity contribution in [1.82, 2.24) is 10.2 Å². The second kappa shape index (κ2) is 4.18. The second-order valence-corrected chi connectivity index (χ2v) is 2.65. The Morgan fingerprint density at radius 2 is 2.36 bits per heavy atom. The van der Waals surface area contributed by atoms with Gasteiger partial charge in [-0.3, -0.25) is 0 Å². The number of nitrogens with zero attached hydrogens (tertiary/aromatic N) is 1. The SMILES string of the molecule is O=C1NCCN1CCCCO. The molecular formula is C7H14N2O2. The molecule has 1 rings (SSSR count). The van der Waals surface area contributed by atoms with Gasteiger partial charge in [0.25, 0.3) is 0 Å². The van der Waals surface area contributed by atoms with Crippen LogP contribution in [0.25, 0.3) is 0 Å². The van der Waals surface area contributed by atoms with E-state index in [9.17, 15) is 4.79 Å². The summed E-state index contributed by atoms with van der Waals surface area (Å²) < 4.78 is 0. The Labute approximate surface area is 66.2 Å². The van der Waals surface area contributed by atoms with Gasteiger partial charge in [0.1, 0.15) is 0 Å². The molecule has 2 N–H and O–H groups in total. The predicted octanol–water partition coefficient (Wildman–Crippen LogP) is -0.216. The maximum absolute atomic E-state index is 10.9. The van der Waals surface area contributed by atoms with E-state index >= 15 is 0 Å². The van der Waals surface area contributed by atoms with Gasteiger partial charge in [-0.15, -0.1) is 0 Å². The lowest BCUT2D eigenvalue weighted by molar-refractivity contribution is 0.213. The van der Waals surface area contributed by atoms with Crippen molar-refractivity contribution in [1.29, 1.82) is 0 Å². The van der Waals surface area contributed by atoms with E-state index in [1.165, 1.54) is 0 Å². The maximum Gasteiger partial charge on any atom is 0.317 e. The monoisotopic (exact) mass is 158 g/mol. The molecule has 0 aromatic carbocycles. The molecule has 0 aromatic heterocycles. The lowest BCUT2D eigenvalue weighted by atomic mass is 10.3. The third kappa shape index (κ3) is 2.38. The van der Waals surface area contributed by atoms with Gasteiger partial charge >= 0.3 is 6.03 Å². The average molecular weight is 158 g/mol. The van der Waals surface area contributed by atoms with E-state index in [0.29, 0.717) is 0 Å². The van der Waals surface area contributed by atoms with E-state index in [4.69, 9.17) is 5.11 Å². The number of hydrogen-bond acceptors (Lipinski definition) is 2. The largest absolute Gasteiger partial charge is 0.396 e. The Balaban J connectivity index is 2.10. The fourth-order valence-corrected chi connectivity index (χ4v) is 1.14. The summed E-state index contributed by atoms with van der Waals surface area (Å²) in [6.07, 6.45) is 1.67. The summed E-state index contributed by atoms with van der Waals surface area (Å²) in [6.45, 7) is 2.56. The van der Waals surface area contributed by atoms with Crippen molar-refractivity contribution in [2.75, 3.05) is 26.2 Å². The molecule has 64 valence electrons. The van der Waals surface area contributed by atoms with E-state index < -0.39 is 0 Å². The first-order valence-corrected chi connectivity index (χ1v) is 3.98. The molecule has 1 aliphatic heterocycles. The van der Waals surface area contributed by atoms with E-state index in [1.807, 2.05) is 0 Å². The van der Waals surface area contributed by atoms with Crippen molar-refractivity contribution >= 4 is 6.03 Å². The van der Waals surface area contributed by atoms with Gasteiger partial charge in [0, 0.05) is 26.2 Å². The standard InChI is InChI=1S/C7H14N2O2/c10-6-2-1-4-9-5-3-8-7(9)11/h10H,1-6H2,(H,8,11). The minimum absolute atomic E-state index is 0.0305. The summed E-state index contributed by atoms with van der Waals surface area (Å²) in [5, 5.41) is 11.2. The van der Waals surface area contributed by atoms with Gasteiger partial charge in [-0.1, -0.05) is 0 Å². The minimum Gasteiger partial charge on any atom is -0.396 e. The highest BCUT2D eigenvalue weighted by Crippen LogP contribution is 1.99. The molecule has 0 unspecified atom stereocenters. The number of aliphatic hydroxyl groups is 1. The second-order valence-electron chi connectivity index (χ2n) is 2.65. The number of unbranched alkanes of at least 4 members (excludes halogenated alkanes) is 1. The molecule has 2 amide bonds. The van der Waals surface area contributed by atoms with Gasteiger partial charge in [-0.05, 0) is 12.8 Å². The summed E-state index contributed by atoms with van der Waals surface area (Å²) >= 11 is 0. The van der Waals surface area contributed by atoms with Gasteiger partial charge in [-0.2, -0.15) is 0 Å². The van der Waals surface area contributed by atoms with Crippen LogP contribution >= 0.6 is 0 Å². The van der Waals surface area contributed by atoms with Crippen LogP contribution < -0.4 is 5.32 Å². The topological polar surface area (TPSA) is 52.6 Å². The minimum atomic E-state index is 0.0305. The number of carbonyl (C=O) groups excluding carboxylic acids is 1. The van der Waals surface area contributed by atoms with E-state index in [1.54, 1.807) is 4.90 Å². The van der Waals surface area contributed by atoms with Crippen LogP contribution in [0.2, 0.25) is 0 Å². The third-order valence-electron chi connectivity index (χ3n) is 1.78. The maximum atomic E-state index is 10.9. The summed E-state index contributed by atoms with van der Waals surface area (Å²) in [5.74, 6) is 0. The number of carbonyl (C=O) groups is 1. The van der Waals surface area contributed by atoms with Gasteiger partial charge in [0.2, 0.25) is 0 Å². The Hall–Kier alpha value is -0.770. The molecule has 0 atom stereocenters. The first-order valence-electron chi connectivity index (χ1n) is 3.98. The van der Waals surface area contributed by atoms with Crippen molar-refractivity contribution in [2.45, 2.75) is 12.8 Å². The van der Waals surface area contributed by atoms with Gasteiger partial charge < -0.3 is 15.3 Å². The summed E-state index contributed by atoms with van der Waals surface area (Å²) in [6, 6.07) is 0.0305. The normalized spacial score (nSPS) is 17.2. The van der Waals surface area contributed by atoms with E-state index in [0.717, 1.165) is 32.5 Å². The van der Waals surface area contributed by atoms with Crippen molar-refractivity contribution in [3.05, 3.63) is 0 Å². The first-order chi connectivity index (χ1) is 5.34. The number of rotatable bonds is 4. The fraction of sp³-hybridized carbons (Fsp3) is 0.857. The van der Waals surface area contributed by atoms with Crippen LogP contribution in [0.15, 0.2) is 0 Å². The first kappa shape index (κ1) is 8.33. The quantitative estimate of drug-likeness (QED) is 0.556. The van der Waals surface area contributed by atoms with Gasteiger partial charge in [-0.25, -0.2) is 4.79 Å². The van der Waals surface area contributed by atoms with Crippen molar-refractivity contribution in [2.24, 2.45) is 0 Å². The summed E-state index contributed by atoms with van der Waals surface area (Å²) in [5.41, 5.74) is 0. The Kier molecular flexibility index (Phi) is 3.16. The smallest absolute Gasteiger partial charge is 0.317 e. The molecule has 1 heterocycles. The molecule has 0 saturated carbocycles. The van der Waals surface area contributed by atoms with Crippen LogP contribution in [0, 0.1) is 0 Å². The number of nitrogens with one attached hydrogen (secondary N) is 1. The highest BCUT2D eigenvalue weighted by atomic mass is 16.3.